The van der Waals surface area contributed by atoms with Crippen molar-refractivity contribution in [2.75, 3.05) is 0 Å². The van der Waals surface area contributed by atoms with Crippen LogP contribution >= 0.6 is 11.3 Å². The molecular formula is C45H30OS. The number of benzene rings is 8. The summed E-state index contributed by atoms with van der Waals surface area (Å²) in [7, 11) is 0. The van der Waals surface area contributed by atoms with Crippen molar-refractivity contribution in [1.29, 1.82) is 0 Å². The Bertz CT molecular complexity index is 2710. The Kier molecular flexibility index (Phi) is 5.57. The van der Waals surface area contributed by atoms with Crippen LogP contribution in [0.4, 0.5) is 0 Å². The summed E-state index contributed by atoms with van der Waals surface area (Å²) in [4.78, 5) is 0. The molecule has 0 radical (unpaired) electrons. The van der Waals surface area contributed by atoms with Crippen molar-refractivity contribution >= 4 is 63.8 Å². The van der Waals surface area contributed by atoms with Crippen LogP contribution in [-0.4, -0.2) is 0 Å². The van der Waals surface area contributed by atoms with Gasteiger partial charge in [0.15, 0.2) is 0 Å². The van der Waals surface area contributed by atoms with Gasteiger partial charge in [-0.2, -0.15) is 0 Å². The van der Waals surface area contributed by atoms with Crippen molar-refractivity contribution in [1.82, 2.24) is 0 Å². The lowest BCUT2D eigenvalue weighted by molar-refractivity contribution is 0.424. The van der Waals surface area contributed by atoms with Gasteiger partial charge in [-0.05, 0) is 84.9 Å². The van der Waals surface area contributed by atoms with E-state index < -0.39 is 0 Å². The molecule has 0 bridgehead atoms. The molecule has 222 valence electrons. The molecule has 10 rings (SSSR count). The van der Waals surface area contributed by atoms with E-state index in [1.807, 2.05) is 11.3 Å². The summed E-state index contributed by atoms with van der Waals surface area (Å²) in [6.45, 7) is 4.66. The second-order valence-corrected chi connectivity index (χ2v) is 14.3. The van der Waals surface area contributed by atoms with E-state index in [1.165, 1.54) is 85.9 Å². The van der Waals surface area contributed by atoms with Crippen molar-refractivity contribution in [3.05, 3.63) is 157 Å². The maximum Gasteiger partial charge on any atom is 0.149 e. The highest BCUT2D eigenvalue weighted by Gasteiger charge is 2.36. The summed E-state index contributed by atoms with van der Waals surface area (Å²) < 4.78 is 9.29. The van der Waals surface area contributed by atoms with Crippen LogP contribution in [0.3, 0.4) is 0 Å². The van der Waals surface area contributed by atoms with E-state index >= 15 is 0 Å². The molecule has 0 saturated carbocycles. The number of fused-ring (bicyclic) bond motifs is 12. The molecule has 1 nitrogen and oxygen atoms in total. The summed E-state index contributed by atoms with van der Waals surface area (Å²) in [5.41, 5.74) is 7.10. The molecule has 2 heterocycles. The molecule has 1 aliphatic rings. The van der Waals surface area contributed by atoms with Crippen LogP contribution in [0, 0.1) is 0 Å². The van der Waals surface area contributed by atoms with Gasteiger partial charge in [-0.15, -0.1) is 11.3 Å². The number of hydrogen-bond donors (Lipinski definition) is 0. The second kappa shape index (κ2) is 9.78. The molecule has 0 atom stereocenters. The first-order valence-electron chi connectivity index (χ1n) is 16.3. The zero-order valence-corrected chi connectivity index (χ0v) is 27.0. The molecule has 2 heteroatoms. The SMILES string of the molecule is CC1(C)c2cc(-c3cccc(-c4ccc5c6ccccc6c6ccccc6c5c4)c3)ccc2Oc2c1ccc1c2sc2ccccc21. The number of hydrogen-bond acceptors (Lipinski definition) is 2. The van der Waals surface area contributed by atoms with Crippen molar-refractivity contribution in [2.45, 2.75) is 19.3 Å². The van der Waals surface area contributed by atoms with Gasteiger partial charge in [0.25, 0.3) is 0 Å². The van der Waals surface area contributed by atoms with E-state index in [4.69, 9.17) is 4.74 Å². The molecule has 0 spiro atoms. The molecule has 0 fully saturated rings. The molecule has 0 N–H and O–H groups in total. The van der Waals surface area contributed by atoms with Crippen LogP contribution in [0.15, 0.2) is 146 Å². The Balaban J connectivity index is 1.07. The number of thiophene rings is 1. The minimum absolute atomic E-state index is 0.205. The zero-order valence-electron chi connectivity index (χ0n) is 26.2. The fraction of sp³-hybridized carbons (Fsp3) is 0.0667. The maximum atomic E-state index is 6.76. The Morgan fingerprint density at radius 2 is 0.979 bits per heavy atom. The molecule has 9 aromatic rings. The third-order valence-electron chi connectivity index (χ3n) is 10.3. The molecule has 0 unspecified atom stereocenters. The standard InChI is InChI=1S/C45H30OS/c1-45(2)39-22-21-37-36-16-7-8-17-42(36)47-44(37)43(39)46-41-23-19-30(26-40(41)45)28-11-9-10-27(24-28)29-18-20-35-33-14-4-3-12-31(33)32-13-5-6-15-34(32)38(35)25-29/h3-26H,1-2H3. The molecule has 0 aliphatic carbocycles. The van der Waals surface area contributed by atoms with Crippen LogP contribution in [-0.2, 0) is 5.41 Å². The molecule has 0 saturated heterocycles. The molecule has 1 aliphatic heterocycles. The van der Waals surface area contributed by atoms with Gasteiger partial charge < -0.3 is 4.74 Å². The zero-order chi connectivity index (χ0) is 31.3. The van der Waals surface area contributed by atoms with Gasteiger partial charge in [0.1, 0.15) is 11.5 Å². The van der Waals surface area contributed by atoms with E-state index in [0.29, 0.717) is 0 Å². The summed E-state index contributed by atoms with van der Waals surface area (Å²) in [6, 6.07) is 53.4. The van der Waals surface area contributed by atoms with Crippen molar-refractivity contribution < 1.29 is 4.74 Å². The summed E-state index contributed by atoms with van der Waals surface area (Å²) in [5.74, 6) is 1.95. The first-order valence-corrected chi connectivity index (χ1v) is 17.1. The van der Waals surface area contributed by atoms with Crippen LogP contribution in [0.1, 0.15) is 25.0 Å². The topological polar surface area (TPSA) is 9.23 Å². The minimum atomic E-state index is -0.205. The molecular weight excluding hydrogens is 589 g/mol. The van der Waals surface area contributed by atoms with E-state index in [0.717, 1.165) is 11.5 Å². The molecule has 0 amide bonds. The van der Waals surface area contributed by atoms with Crippen LogP contribution < -0.4 is 4.74 Å². The van der Waals surface area contributed by atoms with Gasteiger partial charge >= 0.3 is 0 Å². The quantitative estimate of drug-likeness (QED) is 0.175. The Morgan fingerprint density at radius 1 is 0.426 bits per heavy atom. The van der Waals surface area contributed by atoms with E-state index in [-0.39, 0.29) is 5.41 Å². The third-order valence-corrected chi connectivity index (χ3v) is 11.5. The first-order chi connectivity index (χ1) is 23.0. The Morgan fingerprint density at radius 3 is 1.70 bits per heavy atom. The van der Waals surface area contributed by atoms with E-state index in [1.54, 1.807) is 0 Å². The Hall–Kier alpha value is -5.44. The fourth-order valence-corrected chi connectivity index (χ4v) is 9.05. The summed E-state index contributed by atoms with van der Waals surface area (Å²) in [5, 5.41) is 10.4. The third kappa shape index (κ3) is 3.89. The van der Waals surface area contributed by atoms with Crippen molar-refractivity contribution in [3.63, 3.8) is 0 Å². The number of rotatable bonds is 2. The number of ether oxygens (including phenoxy) is 1. The predicted molar refractivity (Wildman–Crippen MR) is 201 cm³/mol. The lowest BCUT2D eigenvalue weighted by atomic mass is 9.75. The highest BCUT2D eigenvalue weighted by molar-refractivity contribution is 7.26. The highest BCUT2D eigenvalue weighted by atomic mass is 32.1. The van der Waals surface area contributed by atoms with Crippen molar-refractivity contribution in [2.24, 2.45) is 0 Å². The van der Waals surface area contributed by atoms with Gasteiger partial charge in [-0.1, -0.05) is 129 Å². The normalized spacial score (nSPS) is 13.7. The van der Waals surface area contributed by atoms with Gasteiger partial charge in [0, 0.05) is 32.0 Å². The largest absolute Gasteiger partial charge is 0.455 e. The molecule has 1 aromatic heterocycles. The fourth-order valence-electron chi connectivity index (χ4n) is 7.87. The van der Waals surface area contributed by atoms with E-state index in [2.05, 4.69) is 159 Å². The monoisotopic (exact) mass is 618 g/mol. The minimum Gasteiger partial charge on any atom is -0.455 e. The maximum absolute atomic E-state index is 6.76. The lowest BCUT2D eigenvalue weighted by Gasteiger charge is -2.35. The highest BCUT2D eigenvalue weighted by Crippen LogP contribution is 2.53. The van der Waals surface area contributed by atoms with Gasteiger partial charge in [0.2, 0.25) is 0 Å². The smallest absolute Gasteiger partial charge is 0.149 e. The van der Waals surface area contributed by atoms with Crippen LogP contribution in [0.5, 0.6) is 11.5 Å². The summed E-state index contributed by atoms with van der Waals surface area (Å²) >= 11 is 1.83. The Labute approximate surface area is 277 Å². The lowest BCUT2D eigenvalue weighted by Crippen LogP contribution is -2.24. The molecule has 8 aromatic carbocycles. The average Bonchev–Trinajstić information content (AvgIpc) is 3.51. The van der Waals surface area contributed by atoms with Crippen molar-refractivity contribution in [3.8, 4) is 33.8 Å². The van der Waals surface area contributed by atoms with Gasteiger partial charge in [-0.25, -0.2) is 0 Å². The average molecular weight is 619 g/mol. The van der Waals surface area contributed by atoms with Gasteiger partial charge in [0.05, 0.1) is 4.70 Å². The van der Waals surface area contributed by atoms with Gasteiger partial charge in [-0.3, -0.25) is 0 Å². The van der Waals surface area contributed by atoms with Crippen LogP contribution in [0.2, 0.25) is 0 Å². The second-order valence-electron chi connectivity index (χ2n) is 13.3. The first kappa shape index (κ1) is 26.7. The summed E-state index contributed by atoms with van der Waals surface area (Å²) in [6.07, 6.45) is 0. The predicted octanol–water partition coefficient (Wildman–Crippen LogP) is 13.3. The van der Waals surface area contributed by atoms with E-state index in [9.17, 15) is 0 Å². The van der Waals surface area contributed by atoms with Crippen LogP contribution in [0.25, 0.3) is 74.7 Å². The molecule has 47 heavy (non-hydrogen) atoms.